The van der Waals surface area contributed by atoms with Crippen molar-refractivity contribution in [2.75, 3.05) is 21.1 Å². The van der Waals surface area contributed by atoms with E-state index in [1.807, 2.05) is 26.0 Å². The molecule has 0 spiro atoms. The Labute approximate surface area is 89.4 Å². The van der Waals surface area contributed by atoms with Gasteiger partial charge in [0.1, 0.15) is 0 Å². The molecule has 6 heteroatoms. The summed E-state index contributed by atoms with van der Waals surface area (Å²) in [4.78, 5) is 12.4. The van der Waals surface area contributed by atoms with E-state index >= 15 is 0 Å². The number of rotatable bonds is 3. The van der Waals surface area contributed by atoms with Gasteiger partial charge in [0.15, 0.2) is 6.10 Å². The van der Waals surface area contributed by atoms with Crippen LogP contribution in [0.4, 0.5) is 0 Å². The summed E-state index contributed by atoms with van der Waals surface area (Å²) >= 11 is 0. The zero-order chi connectivity index (χ0) is 12.6. The number of ether oxygens (including phenoxy) is 1. The fourth-order valence-corrected chi connectivity index (χ4v) is 0.301. The van der Waals surface area contributed by atoms with Crippen LogP contribution in [0.25, 0.3) is 0 Å². The number of carbonyl (C=O) groups excluding carboxylic acids is 1. The van der Waals surface area contributed by atoms with Crippen LogP contribution in [0.3, 0.4) is 0 Å². The van der Waals surface area contributed by atoms with E-state index in [-0.39, 0.29) is 0 Å². The van der Waals surface area contributed by atoms with E-state index in [2.05, 4.69) is 11.3 Å². The quantitative estimate of drug-likeness (QED) is 0.319. The van der Waals surface area contributed by atoms with E-state index in [4.69, 9.17) is 15.3 Å². The van der Waals surface area contributed by atoms with Crippen LogP contribution in [-0.2, 0) is 9.53 Å². The Kier molecular flexibility index (Phi) is 8.08. The van der Waals surface area contributed by atoms with Crippen LogP contribution in [0, 0.1) is 0 Å². The highest BCUT2D eigenvalue weighted by Gasteiger charge is 2.30. The molecule has 0 rings (SSSR count). The average Bonchev–Trinajstić information content (AvgIpc) is 2.01. The zero-order valence-corrected chi connectivity index (χ0v) is 9.47. The number of nitrogens with zero attached hydrogens (tertiary/aromatic N) is 1. The van der Waals surface area contributed by atoms with E-state index in [0.29, 0.717) is 0 Å². The first-order chi connectivity index (χ1) is 6.61. The minimum Gasteiger partial charge on any atom is -0.451 e. The standard InChI is InChI=1S/C6H10O5.C3H9N/c1-3-5(7)11-4(2)6(8,9)10;1-4(2)3/h3-4,8-10H,1H2,2H3;1-3H3. The SMILES string of the molecule is C=CC(=O)OC(C)C(O)(O)O.CN(C)C. The fraction of sp³-hybridized carbons (Fsp3) is 0.667. The summed E-state index contributed by atoms with van der Waals surface area (Å²) in [6.45, 7) is 4.20. The molecule has 0 saturated heterocycles. The van der Waals surface area contributed by atoms with Crippen molar-refractivity contribution in [3.05, 3.63) is 12.7 Å². The molecule has 0 aromatic heterocycles. The van der Waals surface area contributed by atoms with E-state index < -0.39 is 18.0 Å². The van der Waals surface area contributed by atoms with Gasteiger partial charge < -0.3 is 25.0 Å². The van der Waals surface area contributed by atoms with E-state index in [0.717, 1.165) is 13.0 Å². The summed E-state index contributed by atoms with van der Waals surface area (Å²) in [5.74, 6) is -3.84. The summed E-state index contributed by atoms with van der Waals surface area (Å²) < 4.78 is 4.26. The molecular weight excluding hydrogens is 202 g/mol. The monoisotopic (exact) mass is 221 g/mol. The second-order valence-corrected chi connectivity index (χ2v) is 3.31. The fourth-order valence-electron chi connectivity index (χ4n) is 0.301. The van der Waals surface area contributed by atoms with Crippen molar-refractivity contribution in [3.8, 4) is 0 Å². The van der Waals surface area contributed by atoms with E-state index in [1.165, 1.54) is 0 Å². The lowest BCUT2D eigenvalue weighted by Gasteiger charge is -2.21. The molecule has 0 saturated carbocycles. The van der Waals surface area contributed by atoms with Crippen molar-refractivity contribution in [1.29, 1.82) is 0 Å². The van der Waals surface area contributed by atoms with Gasteiger partial charge in [-0.3, -0.25) is 0 Å². The lowest BCUT2D eigenvalue weighted by atomic mass is 10.3. The summed E-state index contributed by atoms with van der Waals surface area (Å²) in [5, 5.41) is 25.3. The van der Waals surface area contributed by atoms with Crippen molar-refractivity contribution < 1.29 is 24.9 Å². The molecule has 90 valence electrons. The molecule has 1 atom stereocenters. The van der Waals surface area contributed by atoms with Crippen molar-refractivity contribution in [1.82, 2.24) is 4.90 Å². The Morgan fingerprint density at radius 1 is 1.40 bits per heavy atom. The third-order valence-corrected chi connectivity index (χ3v) is 1.01. The molecule has 1 unspecified atom stereocenters. The van der Waals surface area contributed by atoms with Gasteiger partial charge in [-0.1, -0.05) is 6.58 Å². The molecule has 6 nitrogen and oxygen atoms in total. The number of hydrogen-bond donors (Lipinski definition) is 3. The average molecular weight is 221 g/mol. The summed E-state index contributed by atoms with van der Waals surface area (Å²) in [6, 6.07) is 0. The number of carbonyl (C=O) groups is 1. The van der Waals surface area contributed by atoms with Gasteiger partial charge in [0.05, 0.1) is 0 Å². The topological polar surface area (TPSA) is 90.2 Å². The minimum atomic E-state index is -3.00. The van der Waals surface area contributed by atoms with Gasteiger partial charge in [-0.05, 0) is 28.1 Å². The van der Waals surface area contributed by atoms with Gasteiger partial charge in [-0.25, -0.2) is 4.79 Å². The van der Waals surface area contributed by atoms with Gasteiger partial charge in [-0.2, -0.15) is 0 Å². The van der Waals surface area contributed by atoms with Gasteiger partial charge in [-0.15, -0.1) is 0 Å². The molecule has 0 radical (unpaired) electrons. The highest BCUT2D eigenvalue weighted by molar-refractivity contribution is 5.81. The minimum absolute atomic E-state index is 0.834. The predicted octanol–water partition coefficient (Wildman–Crippen LogP) is -1.09. The lowest BCUT2D eigenvalue weighted by molar-refractivity contribution is -0.351. The molecule has 0 aromatic carbocycles. The van der Waals surface area contributed by atoms with Crippen molar-refractivity contribution in [2.24, 2.45) is 0 Å². The molecule has 0 heterocycles. The van der Waals surface area contributed by atoms with Crippen molar-refractivity contribution in [2.45, 2.75) is 19.0 Å². The highest BCUT2D eigenvalue weighted by atomic mass is 16.7. The predicted molar refractivity (Wildman–Crippen MR) is 54.7 cm³/mol. The second-order valence-electron chi connectivity index (χ2n) is 3.31. The maximum atomic E-state index is 10.4. The third kappa shape index (κ3) is 13.1. The largest absolute Gasteiger partial charge is 0.451 e. The van der Waals surface area contributed by atoms with Crippen LogP contribution < -0.4 is 0 Å². The van der Waals surface area contributed by atoms with Crippen molar-refractivity contribution in [3.63, 3.8) is 0 Å². The molecule has 0 bridgehead atoms. The second kappa shape index (κ2) is 7.36. The molecule has 0 fully saturated rings. The molecule has 0 aromatic rings. The Balaban J connectivity index is 0. The molecule has 0 aliphatic carbocycles. The Morgan fingerprint density at radius 2 is 1.73 bits per heavy atom. The first kappa shape index (κ1) is 16.5. The van der Waals surface area contributed by atoms with Crippen LogP contribution in [0.5, 0.6) is 0 Å². The number of esters is 1. The zero-order valence-electron chi connectivity index (χ0n) is 9.47. The van der Waals surface area contributed by atoms with Crippen LogP contribution in [0.15, 0.2) is 12.7 Å². The number of hydrogen-bond acceptors (Lipinski definition) is 6. The maximum absolute atomic E-state index is 10.4. The Hall–Kier alpha value is -0.950. The summed E-state index contributed by atoms with van der Waals surface area (Å²) in [5.41, 5.74) is 0. The molecule has 15 heavy (non-hydrogen) atoms. The smallest absolute Gasteiger partial charge is 0.330 e. The van der Waals surface area contributed by atoms with Gasteiger partial charge in [0.25, 0.3) is 0 Å². The number of aliphatic hydroxyl groups is 3. The maximum Gasteiger partial charge on any atom is 0.330 e. The van der Waals surface area contributed by atoms with Gasteiger partial charge in [0.2, 0.25) is 0 Å². The molecule has 0 amide bonds. The normalized spacial score (nSPS) is 12.5. The van der Waals surface area contributed by atoms with E-state index in [9.17, 15) is 4.79 Å². The molecule has 0 aliphatic rings. The van der Waals surface area contributed by atoms with Crippen molar-refractivity contribution >= 4 is 5.97 Å². The highest BCUT2D eigenvalue weighted by Crippen LogP contribution is 2.05. The first-order valence-corrected chi connectivity index (χ1v) is 4.22. The Bertz CT molecular complexity index is 194. The lowest BCUT2D eigenvalue weighted by Crippen LogP contribution is -2.42. The molecule has 0 aliphatic heterocycles. The third-order valence-electron chi connectivity index (χ3n) is 1.01. The van der Waals surface area contributed by atoms with Gasteiger partial charge >= 0.3 is 11.9 Å². The van der Waals surface area contributed by atoms with Gasteiger partial charge in [0, 0.05) is 6.08 Å². The summed E-state index contributed by atoms with van der Waals surface area (Å²) in [6.07, 6.45) is -0.560. The van der Waals surface area contributed by atoms with E-state index in [1.54, 1.807) is 0 Å². The van der Waals surface area contributed by atoms with Crippen LogP contribution >= 0.6 is 0 Å². The summed E-state index contributed by atoms with van der Waals surface area (Å²) in [7, 11) is 6.00. The first-order valence-electron chi connectivity index (χ1n) is 4.22. The van der Waals surface area contributed by atoms with Crippen LogP contribution in [0.1, 0.15) is 6.92 Å². The van der Waals surface area contributed by atoms with Crippen LogP contribution in [-0.4, -0.2) is 59.4 Å². The molecular formula is C9H19NO5. The molecule has 3 N–H and O–H groups in total. The van der Waals surface area contributed by atoms with Crippen LogP contribution in [0.2, 0.25) is 0 Å². The Morgan fingerprint density at radius 3 is 1.93 bits per heavy atom.